The van der Waals surface area contributed by atoms with E-state index < -0.39 is 0 Å². The first-order valence-corrected chi connectivity index (χ1v) is 10.2. The minimum absolute atomic E-state index is 0.725. The normalized spacial score (nSPS) is 15.2. The molecule has 1 fully saturated rings. The predicted molar refractivity (Wildman–Crippen MR) is 116 cm³/mol. The molecule has 0 radical (unpaired) electrons. The average molecular weight is 384 g/mol. The van der Waals surface area contributed by atoms with Gasteiger partial charge in [-0.3, -0.25) is 4.90 Å². The van der Waals surface area contributed by atoms with Crippen LogP contribution in [0.1, 0.15) is 17.5 Å². The highest BCUT2D eigenvalue weighted by atomic mass is 16.3. The number of anilines is 1. The fourth-order valence-corrected chi connectivity index (χ4v) is 4.33. The van der Waals surface area contributed by atoms with Gasteiger partial charge in [0.15, 0.2) is 0 Å². The first-order chi connectivity index (χ1) is 14.3. The molecule has 1 saturated heterocycles. The van der Waals surface area contributed by atoms with E-state index in [0.29, 0.717) is 0 Å². The molecule has 5 heteroatoms. The van der Waals surface area contributed by atoms with Crippen molar-refractivity contribution in [3.05, 3.63) is 66.1 Å². The summed E-state index contributed by atoms with van der Waals surface area (Å²) in [6.45, 7) is 5.41. The molecule has 5 rings (SSSR count). The topological polar surface area (TPSA) is 59.2 Å². The summed E-state index contributed by atoms with van der Waals surface area (Å²) in [6, 6.07) is 16.6. The van der Waals surface area contributed by atoms with E-state index in [0.717, 1.165) is 62.2 Å². The fourth-order valence-electron chi connectivity index (χ4n) is 4.33. The van der Waals surface area contributed by atoms with Crippen LogP contribution in [0.25, 0.3) is 21.9 Å². The number of piperazine rings is 1. The van der Waals surface area contributed by atoms with Gasteiger partial charge in [0, 0.05) is 54.4 Å². The molecule has 1 N–H and O–H groups in total. The highest BCUT2D eigenvalue weighted by molar-refractivity contribution is 5.84. The lowest BCUT2D eigenvalue weighted by atomic mass is 10.1. The van der Waals surface area contributed by atoms with Crippen LogP contribution in [0.2, 0.25) is 0 Å². The van der Waals surface area contributed by atoms with Crippen molar-refractivity contribution in [2.75, 3.05) is 37.6 Å². The van der Waals surface area contributed by atoms with E-state index in [9.17, 15) is 0 Å². The average Bonchev–Trinajstić information content (AvgIpc) is 3.40. The van der Waals surface area contributed by atoms with Crippen LogP contribution in [0.4, 0.5) is 5.69 Å². The van der Waals surface area contributed by atoms with Crippen LogP contribution in [-0.4, -0.2) is 42.6 Å². The molecular weight excluding hydrogens is 360 g/mol. The minimum Gasteiger partial charge on any atom is -0.464 e. The van der Waals surface area contributed by atoms with Crippen molar-refractivity contribution in [3.63, 3.8) is 0 Å². The Hall–Kier alpha value is -3.23. The third-order valence-electron chi connectivity index (χ3n) is 5.99. The first-order valence-electron chi connectivity index (χ1n) is 10.2. The minimum atomic E-state index is 0.725. The quantitative estimate of drug-likeness (QED) is 0.549. The molecule has 29 heavy (non-hydrogen) atoms. The number of aromatic nitrogens is 1. The molecule has 0 amide bonds. The van der Waals surface area contributed by atoms with Crippen LogP contribution in [0.5, 0.6) is 0 Å². The molecule has 1 aliphatic heterocycles. The predicted octanol–water partition coefficient (Wildman–Crippen LogP) is 4.54. The standard InChI is InChI=1S/C24H24N4O/c25-16-18-3-5-23-22(14-18)20(17-26-23)2-1-8-27-9-11-28(12-10-27)21-4-6-24-19(15-21)7-13-29-24/h3-7,13-15,17,26H,1-2,8-12H2. The van der Waals surface area contributed by atoms with Gasteiger partial charge in [-0.15, -0.1) is 0 Å². The van der Waals surface area contributed by atoms with Crippen molar-refractivity contribution >= 4 is 27.6 Å². The summed E-state index contributed by atoms with van der Waals surface area (Å²) >= 11 is 0. The summed E-state index contributed by atoms with van der Waals surface area (Å²) in [5.74, 6) is 0. The molecule has 0 atom stereocenters. The van der Waals surface area contributed by atoms with Crippen LogP contribution in [0.15, 0.2) is 59.3 Å². The molecule has 146 valence electrons. The van der Waals surface area contributed by atoms with Gasteiger partial charge in [0.1, 0.15) is 5.58 Å². The summed E-state index contributed by atoms with van der Waals surface area (Å²) in [4.78, 5) is 8.35. The van der Waals surface area contributed by atoms with Crippen molar-refractivity contribution in [1.82, 2.24) is 9.88 Å². The molecule has 0 unspecified atom stereocenters. The SMILES string of the molecule is N#Cc1ccc2[nH]cc(CCCN3CCN(c4ccc5occc5c4)CC3)c2c1. The number of rotatable bonds is 5. The molecule has 1 aliphatic rings. The van der Waals surface area contributed by atoms with Crippen LogP contribution in [0, 0.1) is 11.3 Å². The zero-order valence-electron chi connectivity index (χ0n) is 16.4. The summed E-state index contributed by atoms with van der Waals surface area (Å²) < 4.78 is 5.45. The van der Waals surface area contributed by atoms with Crippen molar-refractivity contribution in [1.29, 1.82) is 5.26 Å². The Labute approximate surface area is 170 Å². The van der Waals surface area contributed by atoms with Gasteiger partial charge in [-0.2, -0.15) is 5.26 Å². The Kier molecular flexibility index (Phi) is 4.71. The molecule has 5 nitrogen and oxygen atoms in total. The van der Waals surface area contributed by atoms with Crippen molar-refractivity contribution in [2.45, 2.75) is 12.8 Å². The second-order valence-electron chi connectivity index (χ2n) is 7.76. The van der Waals surface area contributed by atoms with E-state index in [1.807, 2.05) is 24.3 Å². The van der Waals surface area contributed by atoms with E-state index in [-0.39, 0.29) is 0 Å². The smallest absolute Gasteiger partial charge is 0.133 e. The van der Waals surface area contributed by atoms with Gasteiger partial charge >= 0.3 is 0 Å². The first kappa shape index (κ1) is 17.8. The molecule has 3 heterocycles. The van der Waals surface area contributed by atoms with E-state index in [2.05, 4.69) is 45.2 Å². The number of furan rings is 1. The number of aromatic amines is 1. The van der Waals surface area contributed by atoms with Gasteiger partial charge in [-0.1, -0.05) is 0 Å². The van der Waals surface area contributed by atoms with Crippen LogP contribution in [-0.2, 0) is 6.42 Å². The molecule has 4 aromatic rings. The number of nitriles is 1. The van der Waals surface area contributed by atoms with Crippen LogP contribution in [0.3, 0.4) is 0 Å². The van der Waals surface area contributed by atoms with Crippen molar-refractivity contribution in [2.24, 2.45) is 0 Å². The Morgan fingerprint density at radius 3 is 2.79 bits per heavy atom. The van der Waals surface area contributed by atoms with Crippen LogP contribution >= 0.6 is 0 Å². The highest BCUT2D eigenvalue weighted by Crippen LogP contribution is 2.24. The Bertz CT molecular complexity index is 1170. The molecule has 0 bridgehead atoms. The van der Waals surface area contributed by atoms with E-state index >= 15 is 0 Å². The number of nitrogens with one attached hydrogen (secondary N) is 1. The zero-order valence-corrected chi connectivity index (χ0v) is 16.4. The maximum atomic E-state index is 9.14. The summed E-state index contributed by atoms with van der Waals surface area (Å²) in [7, 11) is 0. The third-order valence-corrected chi connectivity index (χ3v) is 5.99. The Balaban J connectivity index is 1.15. The largest absolute Gasteiger partial charge is 0.464 e. The molecule has 2 aromatic carbocycles. The second-order valence-corrected chi connectivity index (χ2v) is 7.76. The van der Waals surface area contributed by atoms with Crippen molar-refractivity contribution in [3.8, 4) is 6.07 Å². The number of hydrogen-bond donors (Lipinski definition) is 1. The number of fused-ring (bicyclic) bond motifs is 2. The monoisotopic (exact) mass is 384 g/mol. The maximum absolute atomic E-state index is 9.14. The van der Waals surface area contributed by atoms with Gasteiger partial charge in [0.05, 0.1) is 17.9 Å². The summed E-state index contributed by atoms with van der Waals surface area (Å²) in [5.41, 5.74) is 5.38. The zero-order chi connectivity index (χ0) is 19.6. The van der Waals surface area contributed by atoms with Gasteiger partial charge < -0.3 is 14.3 Å². The maximum Gasteiger partial charge on any atom is 0.133 e. The van der Waals surface area contributed by atoms with Crippen LogP contribution < -0.4 is 4.90 Å². The molecule has 2 aromatic heterocycles. The number of nitrogens with zero attached hydrogens (tertiary/aromatic N) is 3. The van der Waals surface area contributed by atoms with E-state index in [1.54, 1.807) is 6.26 Å². The fraction of sp³-hybridized carbons (Fsp3) is 0.292. The van der Waals surface area contributed by atoms with Gasteiger partial charge in [-0.05, 0) is 67.4 Å². The summed E-state index contributed by atoms with van der Waals surface area (Å²) in [6.07, 6.45) is 6.01. The molecule has 0 spiro atoms. The van der Waals surface area contributed by atoms with Gasteiger partial charge in [0.25, 0.3) is 0 Å². The highest BCUT2D eigenvalue weighted by Gasteiger charge is 2.17. The third kappa shape index (κ3) is 3.59. The number of H-pyrrole nitrogens is 1. The van der Waals surface area contributed by atoms with Crippen molar-refractivity contribution < 1.29 is 4.42 Å². The molecular formula is C24H24N4O. The van der Waals surface area contributed by atoms with Gasteiger partial charge in [0.2, 0.25) is 0 Å². The Morgan fingerprint density at radius 1 is 1.03 bits per heavy atom. The van der Waals surface area contributed by atoms with E-state index in [1.165, 1.54) is 22.0 Å². The Morgan fingerprint density at radius 2 is 1.93 bits per heavy atom. The molecule has 0 aliphatic carbocycles. The summed E-state index contributed by atoms with van der Waals surface area (Å²) in [5, 5.41) is 11.5. The number of benzene rings is 2. The second kappa shape index (κ2) is 7.65. The lowest BCUT2D eigenvalue weighted by Crippen LogP contribution is -2.46. The number of aryl methyl sites for hydroxylation is 1. The molecule has 0 saturated carbocycles. The van der Waals surface area contributed by atoms with E-state index in [4.69, 9.17) is 9.68 Å². The number of hydrogen-bond acceptors (Lipinski definition) is 4. The lowest BCUT2D eigenvalue weighted by molar-refractivity contribution is 0.255. The lowest BCUT2D eigenvalue weighted by Gasteiger charge is -2.36. The van der Waals surface area contributed by atoms with Gasteiger partial charge in [-0.25, -0.2) is 0 Å².